The van der Waals surface area contributed by atoms with Crippen LogP contribution >= 0.6 is 0 Å². The van der Waals surface area contributed by atoms with Gasteiger partial charge in [-0.1, -0.05) is 13.0 Å². The molecule has 5 nitrogen and oxygen atoms in total. The number of nitrogens with zero attached hydrogens (tertiary/aromatic N) is 1. The third kappa shape index (κ3) is 6.19. The number of esters is 1. The lowest BCUT2D eigenvalue weighted by atomic mass is 10.1. The van der Waals surface area contributed by atoms with Crippen LogP contribution in [0, 0.1) is 5.92 Å². The highest BCUT2D eigenvalue weighted by Gasteiger charge is 2.17. The van der Waals surface area contributed by atoms with Gasteiger partial charge in [-0.15, -0.1) is 6.58 Å². The average molecular weight is 229 g/mol. The number of aliphatic carboxylic acids is 1. The Morgan fingerprint density at radius 1 is 1.56 bits per heavy atom. The fourth-order valence-corrected chi connectivity index (χ4v) is 1.24. The van der Waals surface area contributed by atoms with Crippen LogP contribution in [0.2, 0.25) is 0 Å². The van der Waals surface area contributed by atoms with Crippen molar-refractivity contribution >= 4 is 11.9 Å². The summed E-state index contributed by atoms with van der Waals surface area (Å²) in [5.41, 5.74) is 0. The van der Waals surface area contributed by atoms with Gasteiger partial charge in [0.25, 0.3) is 0 Å². The maximum Gasteiger partial charge on any atom is 0.320 e. The predicted molar refractivity (Wildman–Crippen MR) is 60.1 cm³/mol. The highest BCUT2D eigenvalue weighted by Crippen LogP contribution is 2.01. The van der Waals surface area contributed by atoms with E-state index in [0.717, 1.165) is 0 Å². The van der Waals surface area contributed by atoms with Gasteiger partial charge in [-0.25, -0.2) is 0 Å². The molecule has 0 saturated carbocycles. The Balaban J connectivity index is 4.20. The van der Waals surface area contributed by atoms with E-state index in [-0.39, 0.29) is 12.5 Å². The Hall–Kier alpha value is -1.36. The van der Waals surface area contributed by atoms with E-state index in [1.165, 1.54) is 0 Å². The second-order valence-corrected chi connectivity index (χ2v) is 3.53. The average Bonchev–Trinajstić information content (AvgIpc) is 2.17. The van der Waals surface area contributed by atoms with Crippen molar-refractivity contribution in [1.82, 2.24) is 4.90 Å². The molecule has 0 aromatic rings. The molecule has 1 N–H and O–H groups in total. The van der Waals surface area contributed by atoms with Crippen LogP contribution < -0.4 is 0 Å². The van der Waals surface area contributed by atoms with Crippen LogP contribution in [0.15, 0.2) is 12.7 Å². The fraction of sp³-hybridized carbons (Fsp3) is 0.636. The van der Waals surface area contributed by atoms with E-state index in [1.807, 2.05) is 0 Å². The fourth-order valence-electron chi connectivity index (χ4n) is 1.24. The van der Waals surface area contributed by atoms with Crippen LogP contribution in [0.5, 0.6) is 0 Å². The second-order valence-electron chi connectivity index (χ2n) is 3.53. The summed E-state index contributed by atoms with van der Waals surface area (Å²) in [6.07, 6.45) is 1.63. The summed E-state index contributed by atoms with van der Waals surface area (Å²) in [7, 11) is 0. The summed E-state index contributed by atoms with van der Waals surface area (Å²) >= 11 is 0. The Labute approximate surface area is 95.7 Å². The van der Waals surface area contributed by atoms with Crippen LogP contribution in [0.25, 0.3) is 0 Å². The molecular weight excluding hydrogens is 210 g/mol. The molecule has 0 bridgehead atoms. The van der Waals surface area contributed by atoms with E-state index in [0.29, 0.717) is 19.7 Å². The van der Waals surface area contributed by atoms with E-state index < -0.39 is 11.9 Å². The number of rotatable bonds is 8. The Kier molecular flexibility index (Phi) is 7.20. The van der Waals surface area contributed by atoms with Crippen LogP contribution in [0.4, 0.5) is 0 Å². The smallest absolute Gasteiger partial charge is 0.320 e. The summed E-state index contributed by atoms with van der Waals surface area (Å²) < 4.78 is 4.80. The first-order valence-corrected chi connectivity index (χ1v) is 5.22. The number of hydrogen-bond donors (Lipinski definition) is 1. The highest BCUT2D eigenvalue weighted by atomic mass is 16.5. The summed E-state index contributed by atoms with van der Waals surface area (Å²) in [6, 6.07) is 0. The molecular formula is C11H19NO4. The minimum absolute atomic E-state index is 0.0947. The molecule has 0 aromatic heterocycles. The first-order valence-electron chi connectivity index (χ1n) is 5.22. The topological polar surface area (TPSA) is 66.8 Å². The maximum atomic E-state index is 11.2. The molecule has 0 amide bonds. The lowest BCUT2D eigenvalue weighted by molar-refractivity contribution is -0.146. The van der Waals surface area contributed by atoms with Gasteiger partial charge in [0, 0.05) is 13.1 Å². The Bertz CT molecular complexity index is 252. The zero-order chi connectivity index (χ0) is 12.6. The first kappa shape index (κ1) is 14.6. The van der Waals surface area contributed by atoms with Gasteiger partial charge in [0.15, 0.2) is 0 Å². The third-order valence-electron chi connectivity index (χ3n) is 2.00. The number of carboxylic acid groups (broad SMARTS) is 1. The van der Waals surface area contributed by atoms with E-state index in [4.69, 9.17) is 9.84 Å². The first-order chi connectivity index (χ1) is 7.51. The molecule has 5 heteroatoms. The zero-order valence-electron chi connectivity index (χ0n) is 9.81. The van der Waals surface area contributed by atoms with E-state index >= 15 is 0 Å². The van der Waals surface area contributed by atoms with Gasteiger partial charge in [-0.2, -0.15) is 0 Å². The molecule has 0 heterocycles. The van der Waals surface area contributed by atoms with Gasteiger partial charge in [0.2, 0.25) is 0 Å². The molecule has 0 rings (SSSR count). The van der Waals surface area contributed by atoms with Crippen molar-refractivity contribution in [3.63, 3.8) is 0 Å². The van der Waals surface area contributed by atoms with Gasteiger partial charge in [0.05, 0.1) is 19.1 Å². The lowest BCUT2D eigenvalue weighted by Crippen LogP contribution is -2.36. The molecule has 92 valence electrons. The van der Waals surface area contributed by atoms with Crippen LogP contribution in [0.3, 0.4) is 0 Å². The molecule has 0 saturated heterocycles. The van der Waals surface area contributed by atoms with Crippen molar-refractivity contribution in [2.75, 3.05) is 26.2 Å². The second kappa shape index (κ2) is 7.87. The number of carboxylic acids is 1. The number of carbonyl (C=O) groups excluding carboxylic acids is 1. The van der Waals surface area contributed by atoms with Crippen molar-refractivity contribution < 1.29 is 19.4 Å². The summed E-state index contributed by atoms with van der Waals surface area (Å²) in [6.45, 7) is 8.09. The SMILES string of the molecule is C=CCN(CC(=O)OCC)CC(C)C(=O)O. The standard InChI is InChI=1S/C11H19NO4/c1-4-6-12(7-9(3)11(14)15)8-10(13)16-5-2/h4,9H,1,5-8H2,2-3H3,(H,14,15). The van der Waals surface area contributed by atoms with Gasteiger partial charge in [-0.3, -0.25) is 14.5 Å². The molecule has 0 spiro atoms. The minimum Gasteiger partial charge on any atom is -0.481 e. The van der Waals surface area contributed by atoms with Gasteiger partial charge < -0.3 is 9.84 Å². The summed E-state index contributed by atoms with van der Waals surface area (Å²) in [4.78, 5) is 23.6. The number of ether oxygens (including phenoxy) is 1. The normalized spacial score (nSPS) is 12.2. The van der Waals surface area contributed by atoms with Crippen LogP contribution in [-0.4, -0.2) is 48.2 Å². The Morgan fingerprint density at radius 3 is 2.62 bits per heavy atom. The zero-order valence-corrected chi connectivity index (χ0v) is 9.81. The summed E-state index contributed by atoms with van der Waals surface area (Å²) in [5, 5.41) is 8.77. The van der Waals surface area contributed by atoms with Crippen molar-refractivity contribution in [1.29, 1.82) is 0 Å². The van der Waals surface area contributed by atoms with Gasteiger partial charge >= 0.3 is 11.9 Å². The third-order valence-corrected chi connectivity index (χ3v) is 2.00. The molecule has 1 atom stereocenters. The number of carbonyl (C=O) groups is 2. The van der Waals surface area contributed by atoms with E-state index in [1.54, 1.807) is 24.8 Å². The largest absolute Gasteiger partial charge is 0.481 e. The molecule has 0 aliphatic heterocycles. The highest BCUT2D eigenvalue weighted by molar-refractivity contribution is 5.72. The monoisotopic (exact) mass is 229 g/mol. The quantitative estimate of drug-likeness (QED) is 0.491. The molecule has 0 aromatic carbocycles. The summed E-state index contributed by atoms with van der Waals surface area (Å²) in [5.74, 6) is -1.74. The molecule has 1 unspecified atom stereocenters. The molecule has 16 heavy (non-hydrogen) atoms. The molecule has 0 aliphatic carbocycles. The predicted octanol–water partition coefficient (Wildman–Crippen LogP) is 0.758. The van der Waals surface area contributed by atoms with Crippen LogP contribution in [-0.2, 0) is 14.3 Å². The van der Waals surface area contributed by atoms with Gasteiger partial charge in [0.1, 0.15) is 0 Å². The maximum absolute atomic E-state index is 11.2. The molecule has 0 radical (unpaired) electrons. The Morgan fingerprint density at radius 2 is 2.19 bits per heavy atom. The number of hydrogen-bond acceptors (Lipinski definition) is 4. The van der Waals surface area contributed by atoms with Crippen molar-refractivity contribution in [3.8, 4) is 0 Å². The van der Waals surface area contributed by atoms with E-state index in [9.17, 15) is 9.59 Å². The molecule has 0 aliphatic rings. The van der Waals surface area contributed by atoms with Crippen molar-refractivity contribution in [2.24, 2.45) is 5.92 Å². The van der Waals surface area contributed by atoms with E-state index in [2.05, 4.69) is 6.58 Å². The minimum atomic E-state index is -0.877. The van der Waals surface area contributed by atoms with Crippen LogP contribution in [0.1, 0.15) is 13.8 Å². The van der Waals surface area contributed by atoms with Crippen molar-refractivity contribution in [2.45, 2.75) is 13.8 Å². The van der Waals surface area contributed by atoms with Crippen molar-refractivity contribution in [3.05, 3.63) is 12.7 Å². The molecule has 0 fully saturated rings. The van der Waals surface area contributed by atoms with Gasteiger partial charge in [-0.05, 0) is 6.92 Å². The lowest BCUT2D eigenvalue weighted by Gasteiger charge is -2.21.